The van der Waals surface area contributed by atoms with E-state index in [1.54, 1.807) is 50.3 Å². The van der Waals surface area contributed by atoms with E-state index in [-0.39, 0.29) is 0 Å². The highest BCUT2D eigenvalue weighted by molar-refractivity contribution is 7.75. The normalized spacial score (nSPS) is 12.0. The molecular weight excluding hydrogens is 571 g/mol. The first-order chi connectivity index (χ1) is 22.7. The Hall–Kier alpha value is 0.430. The van der Waals surface area contributed by atoms with Crippen LogP contribution in [0.15, 0.2) is 0 Å². The van der Waals surface area contributed by atoms with Crippen molar-refractivity contribution in [2.75, 3.05) is 24.6 Å². The monoisotopic (exact) mass is 666 g/mol. The van der Waals surface area contributed by atoms with Crippen LogP contribution in [-0.4, -0.2) is 24.6 Å². The van der Waals surface area contributed by atoms with Gasteiger partial charge in [-0.3, -0.25) is 0 Å². The average molecular weight is 666 g/mol. The minimum Gasteiger partial charge on any atom is -0.0654 e. The second-order valence-electron chi connectivity index (χ2n) is 15.9. The van der Waals surface area contributed by atoms with Gasteiger partial charge in [0.15, 0.2) is 0 Å². The maximum absolute atomic E-state index is 2.34. The smallest absolute Gasteiger partial charge is 0.0594 e. The molecule has 0 aromatic rings. The molecule has 278 valence electrons. The summed E-state index contributed by atoms with van der Waals surface area (Å²) in [6, 6.07) is 0. The van der Waals surface area contributed by atoms with Crippen molar-refractivity contribution in [3.05, 3.63) is 0 Å². The van der Waals surface area contributed by atoms with Gasteiger partial charge in [0.05, 0.1) is 24.6 Å². The average Bonchev–Trinajstić information content (AvgIpc) is 3.06. The highest BCUT2D eigenvalue weighted by Crippen LogP contribution is 2.61. The summed E-state index contributed by atoms with van der Waals surface area (Å²) >= 11 is 0. The predicted molar refractivity (Wildman–Crippen MR) is 220 cm³/mol. The van der Waals surface area contributed by atoms with Crippen LogP contribution in [0.2, 0.25) is 0 Å². The standard InChI is InChI=1S/C45H94P/c1-5-9-13-17-21-25-29-33-37-41-45-46(42-38-34-30-26-22-18-14-10-6-2,43-39-35-31-27-23-19-15-11-7-3)44-40-36-32-28-24-20-16-12-8-4/h5-45H2,1-4H3/q+1. The Bertz CT molecular complexity index is 472. The minimum absolute atomic E-state index is 0.781. The zero-order valence-electron chi connectivity index (χ0n) is 33.4. The van der Waals surface area contributed by atoms with Crippen LogP contribution in [-0.2, 0) is 0 Å². The fourth-order valence-corrected chi connectivity index (χ4v) is 12.8. The highest BCUT2D eigenvalue weighted by Gasteiger charge is 2.35. The molecule has 0 bridgehead atoms. The lowest BCUT2D eigenvalue weighted by Gasteiger charge is -2.28. The summed E-state index contributed by atoms with van der Waals surface area (Å²) in [7, 11) is -0.781. The van der Waals surface area contributed by atoms with E-state index in [9.17, 15) is 0 Å². The molecule has 0 saturated carbocycles. The quantitative estimate of drug-likeness (QED) is 0.0450. The van der Waals surface area contributed by atoms with E-state index >= 15 is 0 Å². The van der Waals surface area contributed by atoms with Crippen molar-refractivity contribution < 1.29 is 0 Å². The molecule has 46 heavy (non-hydrogen) atoms. The molecule has 0 amide bonds. The van der Waals surface area contributed by atoms with Gasteiger partial charge in [-0.05, 0) is 51.4 Å². The van der Waals surface area contributed by atoms with Gasteiger partial charge in [0, 0.05) is 7.26 Å². The van der Waals surface area contributed by atoms with E-state index in [1.807, 2.05) is 0 Å². The third-order valence-electron chi connectivity index (χ3n) is 11.2. The molecule has 0 rings (SSSR count). The molecule has 0 spiro atoms. The Morgan fingerprint density at radius 3 is 0.457 bits per heavy atom. The van der Waals surface area contributed by atoms with Gasteiger partial charge in [-0.15, -0.1) is 0 Å². The minimum atomic E-state index is -0.781. The van der Waals surface area contributed by atoms with Crippen LogP contribution >= 0.6 is 7.26 Å². The molecular formula is C45H94P+. The van der Waals surface area contributed by atoms with Gasteiger partial charge in [0.1, 0.15) is 0 Å². The van der Waals surface area contributed by atoms with Gasteiger partial charge in [-0.25, -0.2) is 0 Å². The van der Waals surface area contributed by atoms with Gasteiger partial charge < -0.3 is 0 Å². The first-order valence-electron chi connectivity index (χ1n) is 22.6. The Morgan fingerprint density at radius 2 is 0.304 bits per heavy atom. The topological polar surface area (TPSA) is 0 Å². The maximum Gasteiger partial charge on any atom is 0.0594 e. The van der Waals surface area contributed by atoms with Crippen molar-refractivity contribution in [1.29, 1.82) is 0 Å². The molecule has 0 unspecified atom stereocenters. The summed E-state index contributed by atoms with van der Waals surface area (Å²) < 4.78 is 0. The molecule has 0 aromatic carbocycles. The van der Waals surface area contributed by atoms with Crippen LogP contribution in [0.3, 0.4) is 0 Å². The van der Waals surface area contributed by atoms with Gasteiger partial charge in [-0.2, -0.15) is 0 Å². The summed E-state index contributed by atoms with van der Waals surface area (Å²) in [4.78, 5) is 0. The number of hydrogen-bond donors (Lipinski definition) is 0. The largest absolute Gasteiger partial charge is 0.0654 e. The second kappa shape index (κ2) is 39.9. The summed E-state index contributed by atoms with van der Waals surface area (Å²) in [6.07, 6.45) is 61.7. The van der Waals surface area contributed by atoms with Crippen molar-refractivity contribution in [2.24, 2.45) is 0 Å². The van der Waals surface area contributed by atoms with Gasteiger partial charge >= 0.3 is 0 Å². The molecule has 0 aromatic heterocycles. The summed E-state index contributed by atoms with van der Waals surface area (Å²) in [5.74, 6) is 0. The number of unbranched alkanes of at least 4 members (excludes halogenated alkanes) is 33. The van der Waals surface area contributed by atoms with Gasteiger partial charge in [0.2, 0.25) is 0 Å². The van der Waals surface area contributed by atoms with Crippen molar-refractivity contribution in [3.8, 4) is 0 Å². The SMILES string of the molecule is CCCCCCCCCCCC[P+](CCCCCCCCCCC)(CCCCCCCCCCC)CCCCCCCCCCC. The summed E-state index contributed by atoms with van der Waals surface area (Å²) in [5.41, 5.74) is 0. The fourth-order valence-electron chi connectivity index (χ4n) is 7.88. The molecule has 0 N–H and O–H groups in total. The Balaban J connectivity index is 4.85. The number of rotatable bonds is 41. The van der Waals surface area contributed by atoms with Gasteiger partial charge in [-0.1, -0.05) is 214 Å². The van der Waals surface area contributed by atoms with E-state index in [1.165, 1.54) is 212 Å². The lowest BCUT2D eigenvalue weighted by atomic mass is 10.1. The Morgan fingerprint density at radius 1 is 0.174 bits per heavy atom. The third kappa shape index (κ3) is 34.3. The van der Waals surface area contributed by atoms with Crippen molar-refractivity contribution in [1.82, 2.24) is 0 Å². The first kappa shape index (κ1) is 46.4. The van der Waals surface area contributed by atoms with Crippen LogP contribution in [0, 0.1) is 0 Å². The molecule has 0 aliphatic rings. The molecule has 0 saturated heterocycles. The maximum atomic E-state index is 2.34. The van der Waals surface area contributed by atoms with Crippen LogP contribution in [0.5, 0.6) is 0 Å². The van der Waals surface area contributed by atoms with E-state index < -0.39 is 7.26 Å². The first-order valence-corrected chi connectivity index (χ1v) is 25.1. The molecule has 0 heterocycles. The highest BCUT2D eigenvalue weighted by atomic mass is 31.2. The van der Waals surface area contributed by atoms with Crippen molar-refractivity contribution in [2.45, 2.75) is 265 Å². The number of hydrogen-bond acceptors (Lipinski definition) is 0. The van der Waals surface area contributed by atoms with Crippen LogP contribution in [0.1, 0.15) is 265 Å². The zero-order valence-corrected chi connectivity index (χ0v) is 34.3. The van der Waals surface area contributed by atoms with E-state index in [0.717, 1.165) is 0 Å². The molecule has 0 atom stereocenters. The zero-order chi connectivity index (χ0) is 33.5. The van der Waals surface area contributed by atoms with Crippen LogP contribution in [0.4, 0.5) is 0 Å². The third-order valence-corrected chi connectivity index (χ3v) is 16.3. The summed E-state index contributed by atoms with van der Waals surface area (Å²) in [5, 5.41) is 0. The van der Waals surface area contributed by atoms with E-state index in [0.29, 0.717) is 0 Å². The molecule has 0 radical (unpaired) electrons. The molecule has 0 aliphatic carbocycles. The van der Waals surface area contributed by atoms with Gasteiger partial charge in [0.25, 0.3) is 0 Å². The predicted octanol–water partition coefficient (Wildman–Crippen LogP) is 17.5. The van der Waals surface area contributed by atoms with E-state index in [4.69, 9.17) is 0 Å². The van der Waals surface area contributed by atoms with Crippen LogP contribution in [0.25, 0.3) is 0 Å². The van der Waals surface area contributed by atoms with Crippen LogP contribution < -0.4 is 0 Å². The Labute approximate surface area is 296 Å². The fraction of sp³-hybridized carbons (Fsp3) is 1.00. The summed E-state index contributed by atoms with van der Waals surface area (Å²) in [6.45, 7) is 9.36. The van der Waals surface area contributed by atoms with E-state index in [2.05, 4.69) is 27.7 Å². The molecule has 0 fully saturated rings. The molecule has 0 nitrogen and oxygen atoms in total. The van der Waals surface area contributed by atoms with Crippen molar-refractivity contribution >= 4 is 7.26 Å². The Kier molecular flexibility index (Phi) is 40.2. The lowest BCUT2D eigenvalue weighted by molar-refractivity contribution is 0.561. The van der Waals surface area contributed by atoms with Crippen molar-refractivity contribution in [3.63, 3.8) is 0 Å². The molecule has 1 heteroatoms. The lowest BCUT2D eigenvalue weighted by Crippen LogP contribution is -2.13. The second-order valence-corrected chi connectivity index (χ2v) is 20.4. The molecule has 0 aliphatic heterocycles.